The number of phenolic OH excluding ortho intramolecular Hbond substituents is 1. The van der Waals surface area contributed by atoms with Crippen LogP contribution in [0.5, 0.6) is 5.75 Å². The van der Waals surface area contributed by atoms with E-state index in [1.54, 1.807) is 18.2 Å². The van der Waals surface area contributed by atoms with Crippen LogP contribution in [0.15, 0.2) is 24.4 Å². The van der Waals surface area contributed by atoms with E-state index in [4.69, 9.17) is 0 Å². The van der Waals surface area contributed by atoms with Crippen LogP contribution in [0.2, 0.25) is 0 Å². The molecule has 2 rings (SSSR count). The zero-order valence-corrected chi connectivity index (χ0v) is 11.8. The highest BCUT2D eigenvalue weighted by atomic mass is 32.1. The molecule has 0 spiro atoms. The van der Waals surface area contributed by atoms with Gasteiger partial charge < -0.3 is 10.4 Å². The molecular formula is C13H11N3O4S. The van der Waals surface area contributed by atoms with Gasteiger partial charge in [0.15, 0.2) is 5.75 Å². The number of rotatable bonds is 4. The fourth-order valence-electron chi connectivity index (χ4n) is 1.55. The standard InChI is InChI=1S/C13H11N3O4S/c1-14-13(18)11-7-15-12(21-11)5-3-8-2-4-10(17)9(6-8)16(19)20/h2-7,17H,1H3,(H,14,18). The highest BCUT2D eigenvalue weighted by Gasteiger charge is 2.12. The van der Waals surface area contributed by atoms with Crippen molar-refractivity contribution in [3.05, 3.63) is 50.0 Å². The molecule has 1 amide bonds. The Morgan fingerprint density at radius 3 is 2.90 bits per heavy atom. The van der Waals surface area contributed by atoms with Crippen LogP contribution in [0.3, 0.4) is 0 Å². The van der Waals surface area contributed by atoms with Crippen LogP contribution in [0.1, 0.15) is 20.2 Å². The Morgan fingerprint density at radius 2 is 2.24 bits per heavy atom. The number of nitrogens with one attached hydrogen (secondary N) is 1. The summed E-state index contributed by atoms with van der Waals surface area (Å²) in [6, 6.07) is 4.07. The number of aromatic hydroxyl groups is 1. The van der Waals surface area contributed by atoms with E-state index in [-0.39, 0.29) is 17.3 Å². The molecule has 8 heteroatoms. The van der Waals surface area contributed by atoms with Crippen molar-refractivity contribution in [1.82, 2.24) is 10.3 Å². The van der Waals surface area contributed by atoms with Gasteiger partial charge in [-0.3, -0.25) is 14.9 Å². The van der Waals surface area contributed by atoms with Crippen molar-refractivity contribution >= 4 is 35.1 Å². The highest BCUT2D eigenvalue weighted by Crippen LogP contribution is 2.27. The van der Waals surface area contributed by atoms with E-state index in [2.05, 4.69) is 10.3 Å². The molecule has 0 unspecified atom stereocenters. The second-order valence-electron chi connectivity index (χ2n) is 3.98. The fraction of sp³-hybridized carbons (Fsp3) is 0.0769. The molecule has 108 valence electrons. The van der Waals surface area contributed by atoms with E-state index in [1.807, 2.05) is 0 Å². The third kappa shape index (κ3) is 3.42. The number of phenols is 1. The fourth-order valence-corrected chi connectivity index (χ4v) is 2.32. The van der Waals surface area contributed by atoms with Gasteiger partial charge in [0.1, 0.15) is 9.88 Å². The minimum Gasteiger partial charge on any atom is -0.502 e. The van der Waals surface area contributed by atoms with Crippen molar-refractivity contribution in [2.24, 2.45) is 0 Å². The molecule has 0 bridgehead atoms. The second kappa shape index (κ2) is 6.14. The number of nitro benzene ring substituents is 1. The number of carbonyl (C=O) groups excluding carboxylic acids is 1. The summed E-state index contributed by atoms with van der Waals surface area (Å²) in [5.74, 6) is -0.597. The van der Waals surface area contributed by atoms with Crippen molar-refractivity contribution in [1.29, 1.82) is 0 Å². The number of aromatic nitrogens is 1. The maximum Gasteiger partial charge on any atom is 0.311 e. The minimum absolute atomic E-state index is 0.215. The lowest BCUT2D eigenvalue weighted by molar-refractivity contribution is -0.385. The van der Waals surface area contributed by atoms with Crippen LogP contribution in [0, 0.1) is 10.1 Å². The molecule has 1 heterocycles. The smallest absolute Gasteiger partial charge is 0.311 e. The number of hydrogen-bond acceptors (Lipinski definition) is 6. The van der Waals surface area contributed by atoms with E-state index in [0.717, 1.165) is 0 Å². The zero-order chi connectivity index (χ0) is 15.4. The van der Waals surface area contributed by atoms with Crippen LogP contribution >= 0.6 is 11.3 Å². The number of benzene rings is 1. The first-order valence-corrected chi connectivity index (χ1v) is 6.66. The maximum absolute atomic E-state index is 11.4. The molecule has 0 atom stereocenters. The van der Waals surface area contributed by atoms with Gasteiger partial charge in [-0.05, 0) is 17.7 Å². The van der Waals surface area contributed by atoms with Crippen LogP contribution in [-0.2, 0) is 0 Å². The van der Waals surface area contributed by atoms with Crippen molar-refractivity contribution in [3.63, 3.8) is 0 Å². The monoisotopic (exact) mass is 305 g/mol. The Kier molecular flexibility index (Phi) is 4.29. The van der Waals surface area contributed by atoms with E-state index in [1.165, 1.54) is 36.7 Å². The summed E-state index contributed by atoms with van der Waals surface area (Å²) < 4.78 is 0. The van der Waals surface area contributed by atoms with E-state index >= 15 is 0 Å². The van der Waals surface area contributed by atoms with Gasteiger partial charge in [0.25, 0.3) is 5.91 Å². The van der Waals surface area contributed by atoms with Gasteiger partial charge in [-0.25, -0.2) is 4.98 Å². The minimum atomic E-state index is -0.653. The number of nitrogens with zero attached hydrogens (tertiary/aromatic N) is 2. The molecule has 0 saturated carbocycles. The Balaban J connectivity index is 2.21. The molecule has 1 aromatic carbocycles. The summed E-state index contributed by atoms with van der Waals surface area (Å²) in [6.45, 7) is 0. The molecule has 0 aliphatic carbocycles. The highest BCUT2D eigenvalue weighted by molar-refractivity contribution is 7.14. The topological polar surface area (TPSA) is 105 Å². The Labute approximate surface area is 123 Å². The van der Waals surface area contributed by atoms with Crippen LogP contribution < -0.4 is 5.32 Å². The van der Waals surface area contributed by atoms with E-state index in [0.29, 0.717) is 15.4 Å². The van der Waals surface area contributed by atoms with Gasteiger partial charge >= 0.3 is 5.69 Å². The molecule has 0 aliphatic rings. The first kappa shape index (κ1) is 14.7. The number of hydrogen-bond donors (Lipinski definition) is 2. The number of thiazole rings is 1. The second-order valence-corrected chi connectivity index (χ2v) is 5.04. The summed E-state index contributed by atoms with van der Waals surface area (Å²) in [6.07, 6.45) is 4.73. The van der Waals surface area contributed by atoms with Crippen molar-refractivity contribution in [2.45, 2.75) is 0 Å². The lowest BCUT2D eigenvalue weighted by Crippen LogP contribution is -2.16. The summed E-state index contributed by atoms with van der Waals surface area (Å²) in [5, 5.41) is 23.2. The maximum atomic E-state index is 11.4. The van der Waals surface area contributed by atoms with Crippen LogP contribution in [0.4, 0.5) is 5.69 Å². The molecule has 0 aliphatic heterocycles. The third-order valence-corrected chi connectivity index (χ3v) is 3.55. The zero-order valence-electron chi connectivity index (χ0n) is 10.9. The van der Waals surface area contributed by atoms with Crippen molar-refractivity contribution in [3.8, 4) is 5.75 Å². The first-order valence-electron chi connectivity index (χ1n) is 5.84. The van der Waals surface area contributed by atoms with E-state index in [9.17, 15) is 20.0 Å². The number of amides is 1. The van der Waals surface area contributed by atoms with Gasteiger partial charge in [-0.2, -0.15) is 0 Å². The molecule has 2 aromatic rings. The Bertz CT molecular complexity index is 724. The predicted molar refractivity (Wildman–Crippen MR) is 79.2 cm³/mol. The SMILES string of the molecule is CNC(=O)c1cnc(C=Cc2ccc(O)c([N+](=O)[O-])c2)s1. The molecule has 1 aromatic heterocycles. The normalized spacial score (nSPS) is 10.7. The Hall–Kier alpha value is -2.74. The lowest BCUT2D eigenvalue weighted by Gasteiger charge is -1.97. The summed E-state index contributed by atoms with van der Waals surface area (Å²) in [5.41, 5.74) is 0.193. The average Bonchev–Trinajstić information content (AvgIpc) is 2.94. The van der Waals surface area contributed by atoms with Crippen LogP contribution in [-0.4, -0.2) is 28.0 Å². The molecule has 7 nitrogen and oxygen atoms in total. The van der Waals surface area contributed by atoms with Crippen LogP contribution in [0.25, 0.3) is 12.2 Å². The summed E-state index contributed by atoms with van der Waals surface area (Å²) >= 11 is 1.21. The third-order valence-electron chi connectivity index (χ3n) is 2.59. The molecular weight excluding hydrogens is 294 g/mol. The van der Waals surface area contributed by atoms with Crippen molar-refractivity contribution < 1.29 is 14.8 Å². The molecule has 21 heavy (non-hydrogen) atoms. The predicted octanol–water partition coefficient (Wildman–Crippen LogP) is 2.29. The largest absolute Gasteiger partial charge is 0.502 e. The van der Waals surface area contributed by atoms with E-state index < -0.39 is 4.92 Å². The summed E-state index contributed by atoms with van der Waals surface area (Å²) in [7, 11) is 1.53. The van der Waals surface area contributed by atoms with Gasteiger partial charge in [0.05, 0.1) is 11.1 Å². The number of nitro groups is 1. The Morgan fingerprint density at radius 1 is 1.48 bits per heavy atom. The van der Waals surface area contributed by atoms with Crippen molar-refractivity contribution in [2.75, 3.05) is 7.05 Å². The molecule has 0 radical (unpaired) electrons. The average molecular weight is 305 g/mol. The number of carbonyl (C=O) groups is 1. The van der Waals surface area contributed by atoms with Gasteiger partial charge in [-0.15, -0.1) is 11.3 Å². The molecule has 2 N–H and O–H groups in total. The lowest BCUT2D eigenvalue weighted by atomic mass is 10.2. The van der Waals surface area contributed by atoms with Gasteiger partial charge in [0, 0.05) is 13.1 Å². The van der Waals surface area contributed by atoms with Gasteiger partial charge in [0.2, 0.25) is 0 Å². The summed E-state index contributed by atoms with van der Waals surface area (Å²) in [4.78, 5) is 26.0. The quantitative estimate of drug-likeness (QED) is 0.666. The van der Waals surface area contributed by atoms with Gasteiger partial charge in [-0.1, -0.05) is 12.1 Å². The molecule has 0 saturated heterocycles. The molecule has 0 fully saturated rings. The first-order chi connectivity index (χ1) is 10.0.